The number of rotatable bonds is 5. The summed E-state index contributed by atoms with van der Waals surface area (Å²) in [6.07, 6.45) is 2.85. The van der Waals surface area contributed by atoms with Crippen molar-refractivity contribution in [3.8, 4) is 0 Å². The molecule has 0 aromatic heterocycles. The molecular formula is C24H18N4O5. The number of hydrogen-bond acceptors (Lipinski definition) is 5. The average molecular weight is 442 g/mol. The molecule has 9 nitrogen and oxygen atoms in total. The number of nitro groups is 1. The molecule has 3 aromatic rings. The maximum atomic E-state index is 13.0. The van der Waals surface area contributed by atoms with Crippen LogP contribution in [-0.2, 0) is 9.59 Å². The van der Waals surface area contributed by atoms with Gasteiger partial charge in [0, 0.05) is 29.5 Å². The summed E-state index contributed by atoms with van der Waals surface area (Å²) in [5.41, 5.74) is 2.67. The van der Waals surface area contributed by atoms with Gasteiger partial charge in [-0.25, -0.2) is 0 Å². The highest BCUT2D eigenvalue weighted by atomic mass is 16.6. The number of non-ortho nitro benzene ring substituents is 1. The highest BCUT2D eigenvalue weighted by molar-refractivity contribution is 6.15. The van der Waals surface area contributed by atoms with Crippen LogP contribution < -0.4 is 15.5 Å². The standard InChI is InChI=1S/C24H18N4O5/c29-22(14-7-16-5-12-19(13-6-16)28(32)33)25-18-10-8-17(9-11-18)24(31)27-15-23(30)26-20-3-1-2-4-21(20)27/h1-14H,15H2,(H,25,29)(H,26,30)/b14-7+. The Balaban J connectivity index is 1.41. The number of fused-ring (bicyclic) bond motifs is 1. The number of nitrogens with zero attached hydrogens (tertiary/aromatic N) is 2. The molecule has 0 bridgehead atoms. The number of para-hydroxylation sites is 2. The predicted molar refractivity (Wildman–Crippen MR) is 124 cm³/mol. The van der Waals surface area contributed by atoms with Crippen LogP contribution in [0.25, 0.3) is 6.08 Å². The first kappa shape index (κ1) is 21.4. The smallest absolute Gasteiger partial charge is 0.269 e. The molecule has 1 heterocycles. The van der Waals surface area contributed by atoms with Gasteiger partial charge in [-0.3, -0.25) is 29.4 Å². The van der Waals surface area contributed by atoms with Gasteiger partial charge in [-0.2, -0.15) is 0 Å². The summed E-state index contributed by atoms with van der Waals surface area (Å²) in [7, 11) is 0. The van der Waals surface area contributed by atoms with Crippen LogP contribution in [-0.4, -0.2) is 29.2 Å². The molecule has 3 aromatic carbocycles. The van der Waals surface area contributed by atoms with Crippen molar-refractivity contribution in [1.29, 1.82) is 0 Å². The molecule has 0 atom stereocenters. The van der Waals surface area contributed by atoms with Gasteiger partial charge in [-0.05, 0) is 60.2 Å². The molecule has 33 heavy (non-hydrogen) atoms. The van der Waals surface area contributed by atoms with Crippen LogP contribution in [0.5, 0.6) is 0 Å². The molecule has 0 radical (unpaired) electrons. The van der Waals surface area contributed by atoms with Crippen molar-refractivity contribution in [2.75, 3.05) is 22.1 Å². The Kier molecular flexibility index (Phi) is 5.94. The fourth-order valence-corrected chi connectivity index (χ4v) is 3.33. The van der Waals surface area contributed by atoms with Crippen LogP contribution in [0.15, 0.2) is 78.9 Å². The molecular weight excluding hydrogens is 424 g/mol. The third-order valence-corrected chi connectivity index (χ3v) is 4.95. The van der Waals surface area contributed by atoms with Gasteiger partial charge in [-0.1, -0.05) is 12.1 Å². The van der Waals surface area contributed by atoms with Crippen molar-refractivity contribution >= 4 is 46.5 Å². The van der Waals surface area contributed by atoms with Gasteiger partial charge in [0.1, 0.15) is 6.54 Å². The van der Waals surface area contributed by atoms with E-state index in [1.165, 1.54) is 29.2 Å². The second-order valence-corrected chi connectivity index (χ2v) is 7.21. The number of anilines is 3. The number of nitrogens with one attached hydrogen (secondary N) is 2. The first-order chi connectivity index (χ1) is 15.9. The Morgan fingerprint density at radius 2 is 1.70 bits per heavy atom. The zero-order chi connectivity index (χ0) is 23.4. The Bertz CT molecular complexity index is 1270. The van der Waals surface area contributed by atoms with Crippen LogP contribution in [0.2, 0.25) is 0 Å². The maximum absolute atomic E-state index is 13.0. The van der Waals surface area contributed by atoms with E-state index < -0.39 is 10.8 Å². The monoisotopic (exact) mass is 442 g/mol. The number of carbonyl (C=O) groups is 3. The molecule has 164 valence electrons. The topological polar surface area (TPSA) is 122 Å². The van der Waals surface area contributed by atoms with E-state index in [1.807, 2.05) is 0 Å². The number of amides is 3. The van der Waals surface area contributed by atoms with Crippen LogP contribution in [0.1, 0.15) is 15.9 Å². The quantitative estimate of drug-likeness (QED) is 0.353. The lowest BCUT2D eigenvalue weighted by molar-refractivity contribution is -0.384. The maximum Gasteiger partial charge on any atom is 0.269 e. The summed E-state index contributed by atoms with van der Waals surface area (Å²) in [5, 5.41) is 16.1. The van der Waals surface area contributed by atoms with Crippen LogP contribution in [0.3, 0.4) is 0 Å². The van der Waals surface area contributed by atoms with Gasteiger partial charge < -0.3 is 10.6 Å². The number of hydrogen-bond donors (Lipinski definition) is 2. The van der Waals surface area contributed by atoms with Gasteiger partial charge in [0.05, 0.1) is 16.3 Å². The zero-order valence-corrected chi connectivity index (χ0v) is 17.2. The summed E-state index contributed by atoms with van der Waals surface area (Å²) >= 11 is 0. The molecule has 0 fully saturated rings. The average Bonchev–Trinajstić information content (AvgIpc) is 2.82. The number of nitro benzene ring substituents is 1. The SMILES string of the molecule is O=C(/C=C/c1ccc([N+](=O)[O-])cc1)Nc1ccc(C(=O)N2CC(=O)Nc3ccccc32)cc1. The Morgan fingerprint density at radius 1 is 1.00 bits per heavy atom. The predicted octanol–water partition coefficient (Wildman–Crippen LogP) is 3.85. The van der Waals surface area contributed by atoms with E-state index in [1.54, 1.807) is 60.7 Å². The van der Waals surface area contributed by atoms with E-state index in [0.717, 1.165) is 0 Å². The first-order valence-corrected chi connectivity index (χ1v) is 9.95. The van der Waals surface area contributed by atoms with E-state index in [0.29, 0.717) is 28.2 Å². The summed E-state index contributed by atoms with van der Waals surface area (Å²) in [6.45, 7) is -0.0816. The molecule has 3 amide bonds. The molecule has 4 rings (SSSR count). The molecule has 0 aliphatic carbocycles. The molecule has 0 unspecified atom stereocenters. The van der Waals surface area contributed by atoms with Gasteiger partial charge >= 0.3 is 0 Å². The highest BCUT2D eigenvalue weighted by Gasteiger charge is 2.27. The summed E-state index contributed by atoms with van der Waals surface area (Å²) in [5.74, 6) is -0.993. The molecule has 0 spiro atoms. The molecule has 2 N–H and O–H groups in total. The van der Waals surface area contributed by atoms with E-state index >= 15 is 0 Å². The van der Waals surface area contributed by atoms with E-state index in [9.17, 15) is 24.5 Å². The third-order valence-electron chi connectivity index (χ3n) is 4.95. The summed E-state index contributed by atoms with van der Waals surface area (Å²) in [6, 6.07) is 19.2. The lowest BCUT2D eigenvalue weighted by atomic mass is 10.1. The van der Waals surface area contributed by atoms with Crippen molar-refractivity contribution in [3.05, 3.63) is 100 Å². The van der Waals surface area contributed by atoms with Crippen molar-refractivity contribution in [3.63, 3.8) is 0 Å². The molecule has 0 saturated heterocycles. The van der Waals surface area contributed by atoms with Gasteiger partial charge in [-0.15, -0.1) is 0 Å². The van der Waals surface area contributed by atoms with Crippen molar-refractivity contribution in [1.82, 2.24) is 0 Å². The minimum absolute atomic E-state index is 0.0279. The van der Waals surface area contributed by atoms with Gasteiger partial charge in [0.15, 0.2) is 0 Å². The van der Waals surface area contributed by atoms with Crippen LogP contribution >= 0.6 is 0 Å². The van der Waals surface area contributed by atoms with Crippen LogP contribution in [0.4, 0.5) is 22.7 Å². The largest absolute Gasteiger partial charge is 0.323 e. The minimum Gasteiger partial charge on any atom is -0.323 e. The fraction of sp³-hybridized carbons (Fsp3) is 0.0417. The number of benzene rings is 3. The molecule has 1 aliphatic heterocycles. The Morgan fingerprint density at radius 3 is 2.39 bits per heavy atom. The normalized spacial score (nSPS) is 12.7. The van der Waals surface area contributed by atoms with E-state index in [-0.39, 0.29) is 24.0 Å². The van der Waals surface area contributed by atoms with Crippen molar-refractivity contribution in [2.45, 2.75) is 0 Å². The van der Waals surface area contributed by atoms with Crippen molar-refractivity contribution < 1.29 is 19.3 Å². The Hall–Kier alpha value is -4.79. The summed E-state index contributed by atoms with van der Waals surface area (Å²) in [4.78, 5) is 48.7. The van der Waals surface area contributed by atoms with E-state index in [4.69, 9.17) is 0 Å². The second kappa shape index (κ2) is 9.15. The molecule has 1 aliphatic rings. The summed E-state index contributed by atoms with van der Waals surface area (Å²) < 4.78 is 0. The first-order valence-electron chi connectivity index (χ1n) is 9.95. The van der Waals surface area contributed by atoms with Crippen molar-refractivity contribution in [2.24, 2.45) is 0 Å². The van der Waals surface area contributed by atoms with E-state index in [2.05, 4.69) is 10.6 Å². The van der Waals surface area contributed by atoms with Gasteiger partial charge in [0.2, 0.25) is 11.8 Å². The highest BCUT2D eigenvalue weighted by Crippen LogP contribution is 2.30. The minimum atomic E-state index is -0.493. The lowest BCUT2D eigenvalue weighted by Crippen LogP contribution is -2.42. The Labute approximate surface area is 188 Å². The molecule has 0 saturated carbocycles. The lowest BCUT2D eigenvalue weighted by Gasteiger charge is -2.29. The zero-order valence-electron chi connectivity index (χ0n) is 17.2. The van der Waals surface area contributed by atoms with Crippen LogP contribution in [0, 0.1) is 10.1 Å². The number of carbonyl (C=O) groups excluding carboxylic acids is 3. The molecule has 9 heteroatoms. The van der Waals surface area contributed by atoms with Gasteiger partial charge in [0.25, 0.3) is 11.6 Å². The fourth-order valence-electron chi connectivity index (χ4n) is 3.33. The third kappa shape index (κ3) is 4.93. The second-order valence-electron chi connectivity index (χ2n) is 7.21.